The molecule has 0 amide bonds. The van der Waals surface area contributed by atoms with Gasteiger partial charge in [0.25, 0.3) is 0 Å². The average molecular weight is 257 g/mol. The molecule has 0 atom stereocenters. The van der Waals surface area contributed by atoms with Gasteiger partial charge >= 0.3 is 0 Å². The zero-order valence-corrected chi connectivity index (χ0v) is 10.4. The minimum atomic E-state index is 1.00. The van der Waals surface area contributed by atoms with Crippen LogP contribution in [0.1, 0.15) is 31.7 Å². The molecular weight excluding hydrogens is 240 g/mol. The number of nitrogens with zero attached hydrogens (tertiary/aromatic N) is 1. The number of hydrogen-bond acceptors (Lipinski definition) is 2. The molecule has 3 heteroatoms. The van der Waals surface area contributed by atoms with Crippen LogP contribution in [0.4, 0.5) is 5.82 Å². The zero-order valence-electron chi connectivity index (χ0n) is 8.81. The summed E-state index contributed by atoms with van der Waals surface area (Å²) in [7, 11) is 0. The maximum atomic E-state index is 4.32. The summed E-state index contributed by atoms with van der Waals surface area (Å²) < 4.78 is 1.04. The molecule has 14 heavy (non-hydrogen) atoms. The van der Waals surface area contributed by atoms with Gasteiger partial charge in [-0.25, -0.2) is 4.98 Å². The van der Waals surface area contributed by atoms with E-state index < -0.39 is 0 Å². The molecule has 0 aliphatic heterocycles. The number of aromatic nitrogens is 1. The molecule has 0 unspecified atom stereocenters. The molecule has 0 aromatic carbocycles. The van der Waals surface area contributed by atoms with E-state index >= 15 is 0 Å². The van der Waals surface area contributed by atoms with Crippen LogP contribution in [0.5, 0.6) is 0 Å². The van der Waals surface area contributed by atoms with E-state index in [1.807, 2.05) is 6.20 Å². The third-order valence-electron chi connectivity index (χ3n) is 2.12. The summed E-state index contributed by atoms with van der Waals surface area (Å²) in [4.78, 5) is 4.32. The van der Waals surface area contributed by atoms with Crippen molar-refractivity contribution in [1.29, 1.82) is 0 Å². The molecule has 0 aliphatic rings. The van der Waals surface area contributed by atoms with Crippen molar-refractivity contribution in [2.45, 2.75) is 33.1 Å². The highest BCUT2D eigenvalue weighted by atomic mass is 79.9. The van der Waals surface area contributed by atoms with Crippen molar-refractivity contribution in [2.24, 2.45) is 0 Å². The number of halogens is 1. The van der Waals surface area contributed by atoms with Crippen molar-refractivity contribution in [3.63, 3.8) is 0 Å². The zero-order chi connectivity index (χ0) is 10.4. The molecule has 0 saturated heterocycles. The lowest BCUT2D eigenvalue weighted by molar-refractivity contribution is 0.742. The summed E-state index contributed by atoms with van der Waals surface area (Å²) in [6, 6.07) is 2.08. The molecule has 2 nitrogen and oxygen atoms in total. The van der Waals surface area contributed by atoms with Gasteiger partial charge in [-0.3, -0.25) is 0 Å². The van der Waals surface area contributed by atoms with Gasteiger partial charge in [-0.15, -0.1) is 0 Å². The molecule has 1 rings (SSSR count). The van der Waals surface area contributed by atoms with Crippen LogP contribution in [0.3, 0.4) is 0 Å². The molecule has 0 fully saturated rings. The molecule has 0 spiro atoms. The molecular formula is C11H17BrN2. The summed E-state index contributed by atoms with van der Waals surface area (Å²) >= 11 is 3.40. The van der Waals surface area contributed by atoms with Crippen LogP contribution < -0.4 is 5.32 Å². The number of rotatable bonds is 5. The normalized spacial score (nSPS) is 10.2. The molecule has 0 saturated carbocycles. The van der Waals surface area contributed by atoms with E-state index in [0.717, 1.165) is 16.8 Å². The third-order valence-corrected chi connectivity index (χ3v) is 2.55. The van der Waals surface area contributed by atoms with Crippen molar-refractivity contribution in [2.75, 3.05) is 11.9 Å². The highest BCUT2D eigenvalue weighted by Gasteiger charge is 1.98. The number of hydrogen-bond donors (Lipinski definition) is 1. The van der Waals surface area contributed by atoms with Crippen LogP contribution in [-0.4, -0.2) is 11.5 Å². The first kappa shape index (κ1) is 11.5. The summed E-state index contributed by atoms with van der Waals surface area (Å²) in [5, 5.41) is 3.34. The summed E-state index contributed by atoms with van der Waals surface area (Å²) in [5.41, 5.74) is 1.19. The van der Waals surface area contributed by atoms with Crippen LogP contribution in [0.2, 0.25) is 0 Å². The molecule has 0 bridgehead atoms. The van der Waals surface area contributed by atoms with Gasteiger partial charge in [0.15, 0.2) is 0 Å². The Morgan fingerprint density at radius 2 is 2.21 bits per heavy atom. The van der Waals surface area contributed by atoms with Crippen molar-refractivity contribution < 1.29 is 0 Å². The Balaban J connectivity index is 2.42. The first-order valence-electron chi connectivity index (χ1n) is 5.10. The fourth-order valence-corrected chi connectivity index (χ4v) is 1.75. The van der Waals surface area contributed by atoms with Crippen molar-refractivity contribution in [3.8, 4) is 0 Å². The second kappa shape index (κ2) is 6.02. The Labute approximate surface area is 94.3 Å². The number of pyridine rings is 1. The fourth-order valence-electron chi connectivity index (χ4n) is 1.31. The van der Waals surface area contributed by atoms with E-state index in [9.17, 15) is 0 Å². The molecule has 0 radical (unpaired) electrons. The first-order chi connectivity index (χ1) is 6.74. The standard InChI is InChI=1S/C11H17BrN2/c1-3-4-5-6-13-11-9(2)7-10(12)8-14-11/h7-8H,3-6H2,1-2H3,(H,13,14). The first-order valence-corrected chi connectivity index (χ1v) is 5.89. The highest BCUT2D eigenvalue weighted by Crippen LogP contribution is 2.16. The average Bonchev–Trinajstić information content (AvgIpc) is 2.15. The molecule has 78 valence electrons. The SMILES string of the molecule is CCCCCNc1ncc(Br)cc1C. The van der Waals surface area contributed by atoms with E-state index in [4.69, 9.17) is 0 Å². The molecule has 1 aromatic heterocycles. The lowest BCUT2D eigenvalue weighted by Crippen LogP contribution is -2.04. The Kier molecular flexibility index (Phi) is 4.94. The lowest BCUT2D eigenvalue weighted by Gasteiger charge is -2.07. The van der Waals surface area contributed by atoms with Crippen molar-refractivity contribution in [1.82, 2.24) is 4.98 Å². The Hall–Kier alpha value is -0.570. The maximum Gasteiger partial charge on any atom is 0.128 e. The van der Waals surface area contributed by atoms with Crippen molar-refractivity contribution >= 4 is 21.7 Å². The van der Waals surface area contributed by atoms with E-state index in [-0.39, 0.29) is 0 Å². The number of nitrogens with one attached hydrogen (secondary N) is 1. The van der Waals surface area contributed by atoms with E-state index in [2.05, 4.69) is 46.1 Å². The maximum absolute atomic E-state index is 4.32. The van der Waals surface area contributed by atoms with Gasteiger partial charge in [-0.05, 0) is 40.9 Å². The van der Waals surface area contributed by atoms with Gasteiger partial charge < -0.3 is 5.32 Å². The minimum absolute atomic E-state index is 1.00. The van der Waals surface area contributed by atoms with Crippen LogP contribution in [0, 0.1) is 6.92 Å². The number of aryl methyl sites for hydroxylation is 1. The summed E-state index contributed by atoms with van der Waals surface area (Å²) in [6.07, 6.45) is 5.58. The Morgan fingerprint density at radius 1 is 1.43 bits per heavy atom. The van der Waals surface area contributed by atoms with E-state index in [0.29, 0.717) is 0 Å². The molecule has 0 aliphatic carbocycles. The third kappa shape index (κ3) is 3.66. The topological polar surface area (TPSA) is 24.9 Å². The quantitative estimate of drug-likeness (QED) is 0.812. The van der Waals surface area contributed by atoms with Gasteiger partial charge in [0.1, 0.15) is 5.82 Å². The van der Waals surface area contributed by atoms with Crippen LogP contribution in [-0.2, 0) is 0 Å². The molecule has 1 aromatic rings. The Bertz CT molecular complexity index is 287. The van der Waals surface area contributed by atoms with Crippen molar-refractivity contribution in [3.05, 3.63) is 22.3 Å². The van der Waals surface area contributed by atoms with E-state index in [1.54, 1.807) is 0 Å². The van der Waals surface area contributed by atoms with Crippen LogP contribution in [0.25, 0.3) is 0 Å². The molecule has 1 N–H and O–H groups in total. The van der Waals surface area contributed by atoms with Gasteiger partial charge in [-0.2, -0.15) is 0 Å². The summed E-state index contributed by atoms with van der Waals surface area (Å²) in [5.74, 6) is 1.00. The molecule has 1 heterocycles. The second-order valence-corrected chi connectivity index (χ2v) is 4.37. The van der Waals surface area contributed by atoms with Crippen LogP contribution >= 0.6 is 15.9 Å². The lowest BCUT2D eigenvalue weighted by atomic mass is 10.2. The predicted octanol–water partition coefficient (Wildman–Crippen LogP) is 3.75. The van der Waals surface area contributed by atoms with Gasteiger partial charge in [0, 0.05) is 17.2 Å². The highest BCUT2D eigenvalue weighted by molar-refractivity contribution is 9.10. The van der Waals surface area contributed by atoms with Gasteiger partial charge in [0.2, 0.25) is 0 Å². The van der Waals surface area contributed by atoms with Gasteiger partial charge in [-0.1, -0.05) is 19.8 Å². The van der Waals surface area contributed by atoms with E-state index in [1.165, 1.54) is 24.8 Å². The monoisotopic (exact) mass is 256 g/mol. The number of unbranched alkanes of at least 4 members (excludes halogenated alkanes) is 2. The number of anilines is 1. The smallest absolute Gasteiger partial charge is 0.128 e. The second-order valence-electron chi connectivity index (χ2n) is 3.45. The van der Waals surface area contributed by atoms with Gasteiger partial charge in [0.05, 0.1) is 0 Å². The summed E-state index contributed by atoms with van der Waals surface area (Å²) in [6.45, 7) is 5.30. The largest absolute Gasteiger partial charge is 0.370 e. The predicted molar refractivity (Wildman–Crippen MR) is 64.7 cm³/mol. The fraction of sp³-hybridized carbons (Fsp3) is 0.545. The minimum Gasteiger partial charge on any atom is -0.370 e. The van der Waals surface area contributed by atoms with Crippen LogP contribution in [0.15, 0.2) is 16.7 Å². The Morgan fingerprint density at radius 3 is 2.86 bits per heavy atom.